The van der Waals surface area contributed by atoms with Crippen LogP contribution in [-0.4, -0.2) is 21.0 Å². The standard InChI is InChI=1S/C13H11IN2O3/c1-7-5-8(2)16-13(15-7)19-11-6-9(12(17)18)3-4-10(11)14/h3-6H,1-2H3,(H,17,18). The van der Waals surface area contributed by atoms with Crippen LogP contribution in [-0.2, 0) is 0 Å². The monoisotopic (exact) mass is 370 g/mol. The molecular formula is C13H11IN2O3. The number of aryl methyl sites for hydroxylation is 2. The highest BCUT2D eigenvalue weighted by Crippen LogP contribution is 2.26. The second-order valence-corrected chi connectivity index (χ2v) is 5.15. The number of aromatic nitrogens is 2. The Labute approximate surface area is 123 Å². The van der Waals surface area contributed by atoms with E-state index >= 15 is 0 Å². The molecule has 1 aromatic carbocycles. The zero-order valence-corrected chi connectivity index (χ0v) is 12.5. The zero-order chi connectivity index (χ0) is 14.0. The van der Waals surface area contributed by atoms with E-state index in [-0.39, 0.29) is 11.6 Å². The van der Waals surface area contributed by atoms with Crippen LogP contribution in [0.25, 0.3) is 0 Å². The maximum absolute atomic E-state index is 10.9. The van der Waals surface area contributed by atoms with E-state index in [1.165, 1.54) is 12.1 Å². The van der Waals surface area contributed by atoms with Gasteiger partial charge in [0.15, 0.2) is 0 Å². The molecule has 0 fully saturated rings. The van der Waals surface area contributed by atoms with Crippen molar-refractivity contribution in [1.82, 2.24) is 9.97 Å². The molecule has 1 N–H and O–H groups in total. The van der Waals surface area contributed by atoms with Crippen molar-refractivity contribution < 1.29 is 14.6 Å². The number of carboxylic acid groups (broad SMARTS) is 1. The average Bonchev–Trinajstić information content (AvgIpc) is 2.30. The number of nitrogens with zero attached hydrogens (tertiary/aromatic N) is 2. The Hall–Kier alpha value is -1.70. The number of hydrogen-bond acceptors (Lipinski definition) is 4. The van der Waals surface area contributed by atoms with Crippen LogP contribution in [0.5, 0.6) is 11.8 Å². The van der Waals surface area contributed by atoms with Gasteiger partial charge < -0.3 is 9.84 Å². The Kier molecular flexibility index (Phi) is 3.98. The van der Waals surface area contributed by atoms with Crippen molar-refractivity contribution in [2.24, 2.45) is 0 Å². The summed E-state index contributed by atoms with van der Waals surface area (Å²) in [5.41, 5.74) is 1.76. The van der Waals surface area contributed by atoms with E-state index in [0.717, 1.165) is 15.0 Å². The molecule has 2 aromatic rings. The molecule has 19 heavy (non-hydrogen) atoms. The zero-order valence-electron chi connectivity index (χ0n) is 10.3. The van der Waals surface area contributed by atoms with E-state index in [4.69, 9.17) is 9.84 Å². The molecule has 98 valence electrons. The van der Waals surface area contributed by atoms with Crippen LogP contribution in [0.1, 0.15) is 21.7 Å². The van der Waals surface area contributed by atoms with E-state index in [0.29, 0.717) is 5.75 Å². The van der Waals surface area contributed by atoms with E-state index in [9.17, 15) is 4.79 Å². The Morgan fingerprint density at radius 3 is 2.42 bits per heavy atom. The van der Waals surface area contributed by atoms with Gasteiger partial charge in [-0.2, -0.15) is 0 Å². The van der Waals surface area contributed by atoms with Crippen molar-refractivity contribution in [3.05, 3.63) is 44.8 Å². The molecule has 0 atom stereocenters. The number of carboxylic acids is 1. The van der Waals surface area contributed by atoms with E-state index in [1.54, 1.807) is 6.07 Å². The quantitative estimate of drug-likeness (QED) is 0.841. The molecule has 0 aliphatic carbocycles. The summed E-state index contributed by atoms with van der Waals surface area (Å²) in [7, 11) is 0. The van der Waals surface area contributed by atoms with Gasteiger partial charge in [-0.3, -0.25) is 0 Å². The highest BCUT2D eigenvalue weighted by molar-refractivity contribution is 14.1. The summed E-state index contributed by atoms with van der Waals surface area (Å²) in [4.78, 5) is 19.3. The predicted molar refractivity (Wildman–Crippen MR) is 77.7 cm³/mol. The van der Waals surface area contributed by atoms with Crippen LogP contribution in [0.3, 0.4) is 0 Å². The smallest absolute Gasteiger partial charge is 0.335 e. The van der Waals surface area contributed by atoms with Crippen LogP contribution in [0.2, 0.25) is 0 Å². The lowest BCUT2D eigenvalue weighted by Gasteiger charge is -2.08. The van der Waals surface area contributed by atoms with Crippen molar-refractivity contribution in [2.45, 2.75) is 13.8 Å². The van der Waals surface area contributed by atoms with Crippen molar-refractivity contribution >= 4 is 28.6 Å². The summed E-state index contributed by atoms with van der Waals surface area (Å²) in [5.74, 6) is -0.562. The number of carbonyl (C=O) groups is 1. The van der Waals surface area contributed by atoms with Gasteiger partial charge in [0, 0.05) is 11.4 Å². The highest BCUT2D eigenvalue weighted by Gasteiger charge is 2.10. The normalized spacial score (nSPS) is 10.3. The topological polar surface area (TPSA) is 72.3 Å². The molecule has 0 unspecified atom stereocenters. The van der Waals surface area contributed by atoms with Crippen LogP contribution in [0, 0.1) is 17.4 Å². The number of rotatable bonds is 3. The Morgan fingerprint density at radius 1 is 1.21 bits per heavy atom. The third kappa shape index (κ3) is 3.40. The molecule has 0 saturated heterocycles. The molecule has 5 nitrogen and oxygen atoms in total. The second kappa shape index (κ2) is 5.52. The van der Waals surface area contributed by atoms with Crippen molar-refractivity contribution in [3.63, 3.8) is 0 Å². The van der Waals surface area contributed by atoms with E-state index in [2.05, 4.69) is 32.6 Å². The fourth-order valence-electron chi connectivity index (χ4n) is 1.55. The minimum absolute atomic E-state index is 0.166. The predicted octanol–water partition coefficient (Wildman–Crippen LogP) is 3.19. The van der Waals surface area contributed by atoms with Gasteiger partial charge in [0.25, 0.3) is 0 Å². The summed E-state index contributed by atoms with van der Waals surface area (Å²) >= 11 is 2.07. The molecule has 0 aliphatic rings. The lowest BCUT2D eigenvalue weighted by Crippen LogP contribution is -2.00. The van der Waals surface area contributed by atoms with Crippen LogP contribution < -0.4 is 4.74 Å². The number of halogens is 1. The maximum Gasteiger partial charge on any atom is 0.335 e. The fraction of sp³-hybridized carbons (Fsp3) is 0.154. The van der Waals surface area contributed by atoms with Crippen molar-refractivity contribution in [2.75, 3.05) is 0 Å². The van der Waals surface area contributed by atoms with Gasteiger partial charge in [0.2, 0.25) is 0 Å². The second-order valence-electron chi connectivity index (χ2n) is 3.99. The summed E-state index contributed by atoms with van der Waals surface area (Å²) in [6.45, 7) is 3.69. The molecule has 0 spiro atoms. The van der Waals surface area contributed by atoms with Crippen LogP contribution in [0.15, 0.2) is 24.3 Å². The van der Waals surface area contributed by atoms with Crippen LogP contribution >= 0.6 is 22.6 Å². The molecule has 0 saturated carbocycles. The molecule has 1 heterocycles. The lowest BCUT2D eigenvalue weighted by atomic mass is 10.2. The SMILES string of the molecule is Cc1cc(C)nc(Oc2cc(C(=O)O)ccc2I)n1. The molecule has 2 rings (SSSR count). The lowest BCUT2D eigenvalue weighted by molar-refractivity contribution is 0.0696. The molecule has 1 aromatic heterocycles. The van der Waals surface area contributed by atoms with Gasteiger partial charge >= 0.3 is 12.0 Å². The Morgan fingerprint density at radius 2 is 1.84 bits per heavy atom. The fourth-order valence-corrected chi connectivity index (χ4v) is 2.00. The van der Waals surface area contributed by atoms with Gasteiger partial charge in [-0.05, 0) is 60.7 Å². The first-order valence-electron chi connectivity index (χ1n) is 5.48. The average molecular weight is 370 g/mol. The number of ether oxygens (including phenoxy) is 1. The number of benzene rings is 1. The molecule has 0 aliphatic heterocycles. The van der Waals surface area contributed by atoms with Crippen molar-refractivity contribution in [3.8, 4) is 11.8 Å². The minimum atomic E-state index is -0.998. The first-order chi connectivity index (χ1) is 8.95. The van der Waals surface area contributed by atoms with E-state index < -0.39 is 5.97 Å². The van der Waals surface area contributed by atoms with Gasteiger partial charge in [0.05, 0.1) is 9.13 Å². The largest absolute Gasteiger partial charge is 0.478 e. The minimum Gasteiger partial charge on any atom is -0.478 e. The molecule has 0 amide bonds. The van der Waals surface area contributed by atoms with Gasteiger partial charge in [-0.15, -0.1) is 0 Å². The first-order valence-corrected chi connectivity index (χ1v) is 6.56. The third-order valence-electron chi connectivity index (χ3n) is 2.34. The van der Waals surface area contributed by atoms with E-state index in [1.807, 2.05) is 19.9 Å². The van der Waals surface area contributed by atoms with Gasteiger partial charge in [-0.25, -0.2) is 14.8 Å². The Bertz CT molecular complexity index is 624. The first kappa shape index (κ1) is 13.7. The summed E-state index contributed by atoms with van der Waals surface area (Å²) < 4.78 is 6.37. The van der Waals surface area contributed by atoms with Crippen LogP contribution in [0.4, 0.5) is 0 Å². The van der Waals surface area contributed by atoms with Gasteiger partial charge in [0.1, 0.15) is 5.75 Å². The number of aromatic carboxylic acids is 1. The highest BCUT2D eigenvalue weighted by atomic mass is 127. The summed E-state index contributed by atoms with van der Waals surface area (Å²) in [6, 6.07) is 6.73. The summed E-state index contributed by atoms with van der Waals surface area (Å²) in [6.07, 6.45) is 0. The Balaban J connectivity index is 2.37. The van der Waals surface area contributed by atoms with Crippen molar-refractivity contribution in [1.29, 1.82) is 0 Å². The number of hydrogen-bond donors (Lipinski definition) is 1. The summed E-state index contributed by atoms with van der Waals surface area (Å²) in [5, 5.41) is 8.97. The molecule has 0 radical (unpaired) electrons. The molecule has 0 bridgehead atoms. The maximum atomic E-state index is 10.9. The van der Waals surface area contributed by atoms with Gasteiger partial charge in [-0.1, -0.05) is 0 Å². The third-order valence-corrected chi connectivity index (χ3v) is 3.23. The molecule has 6 heteroatoms. The molecular weight excluding hydrogens is 359 g/mol.